The number of rotatable bonds is 6. The number of hydrogen-bond acceptors (Lipinski definition) is 6. The molecule has 1 saturated carbocycles. The molecule has 0 amide bonds. The molecule has 2 aromatic heterocycles. The first-order valence-electron chi connectivity index (χ1n) is 12.7. The van der Waals surface area contributed by atoms with Crippen LogP contribution in [-0.2, 0) is 4.74 Å². The zero-order valence-corrected chi connectivity index (χ0v) is 20.2. The van der Waals surface area contributed by atoms with Crippen LogP contribution in [0.4, 0.5) is 5.82 Å². The maximum Gasteiger partial charge on any atom is 0.146 e. The molecular formula is C27H35N5O2. The van der Waals surface area contributed by atoms with E-state index >= 15 is 0 Å². The van der Waals surface area contributed by atoms with Crippen LogP contribution in [0.1, 0.15) is 57.4 Å². The van der Waals surface area contributed by atoms with Crippen molar-refractivity contribution in [3.8, 4) is 16.9 Å². The van der Waals surface area contributed by atoms with Crippen molar-refractivity contribution in [2.24, 2.45) is 0 Å². The Morgan fingerprint density at radius 3 is 2.62 bits per heavy atom. The van der Waals surface area contributed by atoms with Crippen molar-refractivity contribution in [1.82, 2.24) is 19.4 Å². The van der Waals surface area contributed by atoms with Gasteiger partial charge in [-0.2, -0.15) is 0 Å². The molecule has 1 aromatic carbocycles. The normalized spacial score (nSPS) is 28.7. The first kappa shape index (κ1) is 21.9. The average molecular weight is 462 g/mol. The predicted octanol–water partition coefficient (Wildman–Crippen LogP) is 4.82. The molecule has 4 heterocycles. The van der Waals surface area contributed by atoms with Gasteiger partial charge < -0.3 is 24.7 Å². The van der Waals surface area contributed by atoms with Crippen LogP contribution >= 0.6 is 0 Å². The summed E-state index contributed by atoms with van der Waals surface area (Å²) in [5, 5.41) is 0.936. The molecule has 0 radical (unpaired) electrons. The van der Waals surface area contributed by atoms with Gasteiger partial charge in [-0.15, -0.1) is 0 Å². The molecule has 6 rings (SSSR count). The molecule has 2 bridgehead atoms. The number of aromatic nitrogens is 3. The number of nitrogens with zero attached hydrogens (tertiary/aromatic N) is 4. The molecule has 34 heavy (non-hydrogen) atoms. The molecule has 0 unspecified atom stereocenters. The van der Waals surface area contributed by atoms with Gasteiger partial charge in [0.25, 0.3) is 0 Å². The Kier molecular flexibility index (Phi) is 5.49. The molecule has 0 atom stereocenters. The first-order valence-corrected chi connectivity index (χ1v) is 12.7. The molecule has 0 spiro atoms. The third-order valence-electron chi connectivity index (χ3n) is 8.34. The zero-order valence-electron chi connectivity index (χ0n) is 20.2. The average Bonchev–Trinajstić information content (AvgIpc) is 3.57. The van der Waals surface area contributed by atoms with Crippen molar-refractivity contribution in [2.45, 2.75) is 75.2 Å². The smallest absolute Gasteiger partial charge is 0.146 e. The summed E-state index contributed by atoms with van der Waals surface area (Å²) in [7, 11) is 4.36. The van der Waals surface area contributed by atoms with E-state index in [0.29, 0.717) is 30.6 Å². The molecule has 7 heteroatoms. The lowest BCUT2D eigenvalue weighted by Crippen LogP contribution is -2.32. The summed E-state index contributed by atoms with van der Waals surface area (Å²) in [4.78, 5) is 11.3. The van der Waals surface area contributed by atoms with Gasteiger partial charge in [0.1, 0.15) is 35.7 Å². The lowest BCUT2D eigenvalue weighted by atomic mass is 9.89. The summed E-state index contributed by atoms with van der Waals surface area (Å²) in [5.41, 5.74) is 9.40. The van der Waals surface area contributed by atoms with E-state index in [1.54, 1.807) is 6.33 Å². The topological polar surface area (TPSA) is 78.4 Å². The fourth-order valence-electron chi connectivity index (χ4n) is 6.31. The van der Waals surface area contributed by atoms with E-state index in [-0.39, 0.29) is 5.60 Å². The van der Waals surface area contributed by atoms with Gasteiger partial charge in [-0.05, 0) is 83.2 Å². The Hall–Kier alpha value is -2.64. The number of fused-ring (bicyclic) bond motifs is 3. The number of nitrogens with two attached hydrogens (primary N) is 1. The first-order chi connectivity index (χ1) is 16.5. The van der Waals surface area contributed by atoms with E-state index < -0.39 is 0 Å². The van der Waals surface area contributed by atoms with Crippen molar-refractivity contribution >= 4 is 16.9 Å². The number of benzene rings is 1. The second-order valence-electron chi connectivity index (χ2n) is 10.7. The molecule has 7 nitrogen and oxygen atoms in total. The van der Waals surface area contributed by atoms with Crippen molar-refractivity contribution in [2.75, 3.05) is 26.4 Å². The number of hydrogen-bond donors (Lipinski definition) is 1. The molecule has 2 aliphatic heterocycles. The molecule has 3 fully saturated rings. The Morgan fingerprint density at radius 2 is 1.91 bits per heavy atom. The van der Waals surface area contributed by atoms with Crippen LogP contribution in [0.3, 0.4) is 0 Å². The minimum atomic E-state index is -0.0830. The van der Waals surface area contributed by atoms with Gasteiger partial charge in [0, 0.05) is 23.8 Å². The Labute approximate surface area is 201 Å². The van der Waals surface area contributed by atoms with Crippen LogP contribution in [0.2, 0.25) is 0 Å². The van der Waals surface area contributed by atoms with Gasteiger partial charge >= 0.3 is 0 Å². The predicted molar refractivity (Wildman–Crippen MR) is 134 cm³/mol. The van der Waals surface area contributed by atoms with Crippen LogP contribution in [-0.4, -0.2) is 57.9 Å². The summed E-state index contributed by atoms with van der Waals surface area (Å²) in [6.45, 7) is 0.620. The number of nitrogen functional groups attached to an aromatic ring is 1. The van der Waals surface area contributed by atoms with Gasteiger partial charge in [0.15, 0.2) is 0 Å². The lowest BCUT2D eigenvalue weighted by molar-refractivity contribution is -0.0198. The summed E-state index contributed by atoms with van der Waals surface area (Å²) in [6.07, 6.45) is 13.5. The summed E-state index contributed by atoms with van der Waals surface area (Å²) in [5.74, 6) is 1.40. The minimum Gasteiger partial charge on any atom is -0.491 e. The second-order valence-corrected chi connectivity index (χ2v) is 10.7. The van der Waals surface area contributed by atoms with Crippen LogP contribution in [0, 0.1) is 0 Å². The van der Waals surface area contributed by atoms with E-state index in [4.69, 9.17) is 15.2 Å². The maximum atomic E-state index is 6.40. The largest absolute Gasteiger partial charge is 0.491 e. The van der Waals surface area contributed by atoms with Crippen LogP contribution < -0.4 is 10.5 Å². The van der Waals surface area contributed by atoms with Gasteiger partial charge in [-0.1, -0.05) is 12.1 Å². The second kappa shape index (κ2) is 8.54. The molecule has 2 N–H and O–H groups in total. The van der Waals surface area contributed by atoms with Crippen molar-refractivity contribution in [1.29, 1.82) is 0 Å². The van der Waals surface area contributed by atoms with Gasteiger partial charge in [-0.3, -0.25) is 0 Å². The fourth-order valence-corrected chi connectivity index (χ4v) is 6.31. The molecule has 3 aliphatic rings. The zero-order chi connectivity index (χ0) is 23.3. The third-order valence-corrected chi connectivity index (χ3v) is 8.34. The van der Waals surface area contributed by atoms with Crippen molar-refractivity contribution < 1.29 is 9.47 Å². The highest BCUT2D eigenvalue weighted by Crippen LogP contribution is 2.44. The Morgan fingerprint density at radius 1 is 1.12 bits per heavy atom. The molecular weight excluding hydrogens is 426 g/mol. The van der Waals surface area contributed by atoms with E-state index in [1.807, 2.05) is 6.07 Å². The summed E-state index contributed by atoms with van der Waals surface area (Å²) >= 11 is 0. The molecule has 2 saturated heterocycles. The summed E-state index contributed by atoms with van der Waals surface area (Å²) < 4.78 is 14.8. The van der Waals surface area contributed by atoms with E-state index in [2.05, 4.69) is 57.9 Å². The van der Waals surface area contributed by atoms with Crippen LogP contribution in [0.15, 0.2) is 36.8 Å². The molecule has 3 aromatic rings. The standard InChI is InChI=1S/C27H35N5O2/c1-31(2)19-6-8-20(9-7-19)32-15-23(24-25(28)29-17-30-26(24)32)18-4-3-5-22(14-18)33-16-27-12-10-21(34-27)11-13-27/h3-5,14-15,17,19-21H,6-13,16H2,1-2H3,(H2,28,29,30)/t19?,20?,21-,27-. The van der Waals surface area contributed by atoms with Gasteiger partial charge in [0.05, 0.1) is 11.5 Å². The molecule has 180 valence electrons. The minimum absolute atomic E-state index is 0.0830. The SMILES string of the molecule is CN(C)C1CCC(n2cc(-c3cccc(OC[C@]45CC[C@@H](CC4)O5)c3)c3c(N)ncnc32)CC1. The van der Waals surface area contributed by atoms with Gasteiger partial charge in [0.2, 0.25) is 0 Å². The Balaban J connectivity index is 1.29. The van der Waals surface area contributed by atoms with Crippen LogP contribution in [0.5, 0.6) is 5.75 Å². The Bertz CT molecular complexity index is 1170. The third kappa shape index (κ3) is 3.85. The van der Waals surface area contributed by atoms with E-state index in [9.17, 15) is 0 Å². The van der Waals surface area contributed by atoms with E-state index in [0.717, 1.165) is 53.6 Å². The fraction of sp³-hybridized carbons (Fsp3) is 0.556. The van der Waals surface area contributed by atoms with E-state index in [1.165, 1.54) is 25.7 Å². The van der Waals surface area contributed by atoms with Crippen LogP contribution in [0.25, 0.3) is 22.2 Å². The quantitative estimate of drug-likeness (QED) is 0.567. The highest BCUT2D eigenvalue weighted by molar-refractivity contribution is 6.00. The van der Waals surface area contributed by atoms with Crippen molar-refractivity contribution in [3.63, 3.8) is 0 Å². The lowest BCUT2D eigenvalue weighted by Gasteiger charge is -2.33. The number of ether oxygens (including phenoxy) is 2. The summed E-state index contributed by atoms with van der Waals surface area (Å²) in [6, 6.07) is 9.41. The molecule has 1 aliphatic carbocycles. The maximum absolute atomic E-state index is 6.40. The van der Waals surface area contributed by atoms with Crippen molar-refractivity contribution in [3.05, 3.63) is 36.8 Å². The number of anilines is 1. The monoisotopic (exact) mass is 461 g/mol. The highest BCUT2D eigenvalue weighted by atomic mass is 16.6. The highest BCUT2D eigenvalue weighted by Gasteiger charge is 2.46. The van der Waals surface area contributed by atoms with Gasteiger partial charge in [-0.25, -0.2) is 9.97 Å².